The second-order valence-electron chi connectivity index (χ2n) is 9.06. The predicted octanol–water partition coefficient (Wildman–Crippen LogP) is 3.07. The Balaban J connectivity index is 1.51. The number of nitrogens with zero attached hydrogens (tertiary/aromatic N) is 5. The molecule has 28 heavy (non-hydrogen) atoms. The van der Waals surface area contributed by atoms with Gasteiger partial charge in [-0.1, -0.05) is 20.8 Å². The van der Waals surface area contributed by atoms with Crippen LogP contribution < -0.4 is 4.90 Å². The molecule has 0 spiro atoms. The van der Waals surface area contributed by atoms with E-state index in [9.17, 15) is 4.79 Å². The molecule has 0 N–H and O–H groups in total. The third-order valence-electron chi connectivity index (χ3n) is 6.36. The van der Waals surface area contributed by atoms with E-state index in [-0.39, 0.29) is 5.91 Å². The van der Waals surface area contributed by atoms with Gasteiger partial charge >= 0.3 is 0 Å². The minimum atomic E-state index is 0.271. The lowest BCUT2D eigenvalue weighted by Crippen LogP contribution is -2.51. The number of carbonyl (C=O) groups excluding carboxylic acids is 1. The predicted molar refractivity (Wildman–Crippen MR) is 114 cm³/mol. The average Bonchev–Trinajstić information content (AvgIpc) is 2.68. The van der Waals surface area contributed by atoms with Crippen LogP contribution in [0.25, 0.3) is 0 Å². The third kappa shape index (κ3) is 5.22. The fraction of sp³-hybridized carbons (Fsp3) is 0.773. The molecule has 0 aromatic carbocycles. The van der Waals surface area contributed by atoms with Crippen molar-refractivity contribution >= 4 is 11.7 Å². The second kappa shape index (κ2) is 9.21. The van der Waals surface area contributed by atoms with Gasteiger partial charge in [-0.15, -0.1) is 0 Å². The first-order valence-corrected chi connectivity index (χ1v) is 10.9. The van der Waals surface area contributed by atoms with E-state index in [4.69, 9.17) is 4.98 Å². The lowest BCUT2D eigenvalue weighted by atomic mass is 9.87. The summed E-state index contributed by atoms with van der Waals surface area (Å²) in [4.78, 5) is 28.7. The molecule has 2 aliphatic rings. The highest BCUT2D eigenvalue weighted by Crippen LogP contribution is 2.26. The smallest absolute Gasteiger partial charge is 0.236 e. The summed E-state index contributed by atoms with van der Waals surface area (Å²) in [7, 11) is 2.00. The van der Waals surface area contributed by atoms with E-state index in [2.05, 4.69) is 41.6 Å². The van der Waals surface area contributed by atoms with Gasteiger partial charge < -0.3 is 9.80 Å². The maximum absolute atomic E-state index is 12.8. The number of likely N-dealkylation sites (N-methyl/N-ethyl adjacent to an activating group) is 1. The normalized spacial score (nSPS) is 23.9. The molecule has 2 fully saturated rings. The van der Waals surface area contributed by atoms with Crippen molar-refractivity contribution in [3.05, 3.63) is 17.6 Å². The zero-order valence-corrected chi connectivity index (χ0v) is 18.3. The first kappa shape index (κ1) is 21.0. The fourth-order valence-electron chi connectivity index (χ4n) is 4.27. The molecule has 1 amide bonds. The minimum absolute atomic E-state index is 0.271. The number of hydrogen-bond acceptors (Lipinski definition) is 5. The van der Waals surface area contributed by atoms with Crippen LogP contribution in [0.4, 0.5) is 5.82 Å². The van der Waals surface area contributed by atoms with Gasteiger partial charge in [-0.25, -0.2) is 9.97 Å². The molecule has 6 nitrogen and oxygen atoms in total. The zero-order valence-electron chi connectivity index (χ0n) is 18.3. The quantitative estimate of drug-likeness (QED) is 0.777. The summed E-state index contributed by atoms with van der Waals surface area (Å²) >= 11 is 0. The van der Waals surface area contributed by atoms with Gasteiger partial charge in [-0.3, -0.25) is 9.69 Å². The molecule has 1 aromatic heterocycles. The van der Waals surface area contributed by atoms with Crippen molar-refractivity contribution in [3.8, 4) is 0 Å². The van der Waals surface area contributed by atoms with Crippen molar-refractivity contribution in [1.82, 2.24) is 19.8 Å². The highest BCUT2D eigenvalue weighted by atomic mass is 16.2. The van der Waals surface area contributed by atoms with Gasteiger partial charge in [0.25, 0.3) is 0 Å². The van der Waals surface area contributed by atoms with Crippen molar-refractivity contribution in [3.63, 3.8) is 0 Å². The fourth-order valence-corrected chi connectivity index (χ4v) is 4.27. The van der Waals surface area contributed by atoms with Crippen LogP contribution in [0, 0.1) is 12.8 Å². The van der Waals surface area contributed by atoms with E-state index in [1.54, 1.807) is 0 Å². The number of carbonyl (C=O) groups is 1. The largest absolute Gasteiger partial charge is 0.354 e. The highest BCUT2D eigenvalue weighted by molar-refractivity contribution is 5.78. The molecule has 0 bridgehead atoms. The summed E-state index contributed by atoms with van der Waals surface area (Å²) in [5.41, 5.74) is 1.02. The Labute approximate surface area is 170 Å². The first-order chi connectivity index (χ1) is 13.3. The Morgan fingerprint density at radius 1 is 1.14 bits per heavy atom. The summed E-state index contributed by atoms with van der Waals surface area (Å²) in [6.45, 7) is 12.8. The Morgan fingerprint density at radius 2 is 1.79 bits per heavy atom. The Bertz CT molecular complexity index is 661. The number of aromatic nitrogens is 2. The molecule has 0 unspecified atom stereocenters. The molecule has 1 saturated heterocycles. The molecule has 0 radical (unpaired) electrons. The van der Waals surface area contributed by atoms with Gasteiger partial charge in [0, 0.05) is 56.9 Å². The van der Waals surface area contributed by atoms with Crippen molar-refractivity contribution in [1.29, 1.82) is 0 Å². The lowest BCUT2D eigenvalue weighted by molar-refractivity contribution is -0.134. The molecule has 0 atom stereocenters. The van der Waals surface area contributed by atoms with Crippen LogP contribution in [0.3, 0.4) is 0 Å². The van der Waals surface area contributed by atoms with Crippen molar-refractivity contribution in [2.24, 2.45) is 5.92 Å². The van der Waals surface area contributed by atoms with Crippen LogP contribution in [0.1, 0.15) is 63.9 Å². The van der Waals surface area contributed by atoms with E-state index < -0.39 is 0 Å². The van der Waals surface area contributed by atoms with Gasteiger partial charge in [0.15, 0.2) is 0 Å². The van der Waals surface area contributed by atoms with Crippen molar-refractivity contribution < 1.29 is 4.79 Å². The van der Waals surface area contributed by atoms with E-state index in [1.165, 1.54) is 12.8 Å². The molecule has 156 valence electrons. The van der Waals surface area contributed by atoms with E-state index >= 15 is 0 Å². The monoisotopic (exact) mass is 387 g/mol. The second-order valence-corrected chi connectivity index (χ2v) is 9.06. The highest BCUT2D eigenvalue weighted by Gasteiger charge is 2.27. The topological polar surface area (TPSA) is 52.6 Å². The molecule has 6 heteroatoms. The summed E-state index contributed by atoms with van der Waals surface area (Å²) in [5.74, 6) is 3.35. The van der Waals surface area contributed by atoms with E-state index in [0.717, 1.165) is 62.3 Å². The molecule has 1 aliphatic carbocycles. The number of piperazine rings is 1. The maximum atomic E-state index is 12.8. The number of aryl methyl sites for hydroxylation is 1. The molecular formula is C22H37N5O. The third-order valence-corrected chi connectivity index (χ3v) is 6.36. The molecule has 2 heterocycles. The lowest BCUT2D eigenvalue weighted by Gasteiger charge is -2.38. The van der Waals surface area contributed by atoms with E-state index in [0.29, 0.717) is 18.5 Å². The van der Waals surface area contributed by atoms with Crippen molar-refractivity contribution in [2.75, 3.05) is 44.7 Å². The molecule has 1 saturated carbocycles. The average molecular weight is 388 g/mol. The van der Waals surface area contributed by atoms with Crippen LogP contribution in [-0.2, 0) is 4.79 Å². The van der Waals surface area contributed by atoms with Crippen LogP contribution in [-0.4, -0.2) is 71.5 Å². The van der Waals surface area contributed by atoms with Crippen LogP contribution in [0.15, 0.2) is 6.07 Å². The SMILES string of the molecule is Cc1cc(N2CCN(CC(=O)N(C)C3CCC(C)CC3)CC2)nc(C(C)C)n1. The van der Waals surface area contributed by atoms with Gasteiger partial charge in [0.1, 0.15) is 11.6 Å². The maximum Gasteiger partial charge on any atom is 0.236 e. The first-order valence-electron chi connectivity index (χ1n) is 10.9. The van der Waals surface area contributed by atoms with Gasteiger partial charge in [-0.2, -0.15) is 0 Å². The van der Waals surface area contributed by atoms with Crippen LogP contribution >= 0.6 is 0 Å². The summed E-state index contributed by atoms with van der Waals surface area (Å²) < 4.78 is 0. The number of amides is 1. The molecule has 1 aliphatic heterocycles. The van der Waals surface area contributed by atoms with Crippen LogP contribution in [0.5, 0.6) is 0 Å². The number of rotatable bonds is 5. The van der Waals surface area contributed by atoms with Crippen LogP contribution in [0.2, 0.25) is 0 Å². The van der Waals surface area contributed by atoms with Gasteiger partial charge in [-0.05, 0) is 38.5 Å². The molecule has 1 aromatic rings. The Hall–Kier alpha value is -1.69. The minimum Gasteiger partial charge on any atom is -0.354 e. The zero-order chi connectivity index (χ0) is 20.3. The summed E-state index contributed by atoms with van der Waals surface area (Å²) in [5, 5.41) is 0. The summed E-state index contributed by atoms with van der Waals surface area (Å²) in [6.07, 6.45) is 4.81. The Kier molecular flexibility index (Phi) is 6.91. The standard InChI is InChI=1S/C22H37N5O/c1-16(2)22-23-18(4)14-20(24-22)27-12-10-26(11-13-27)15-21(28)25(5)19-8-6-17(3)7-9-19/h14,16-17,19H,6-13,15H2,1-5H3. The summed E-state index contributed by atoms with van der Waals surface area (Å²) in [6, 6.07) is 2.51. The number of anilines is 1. The number of hydrogen-bond donors (Lipinski definition) is 0. The van der Waals surface area contributed by atoms with Gasteiger partial charge in [0.2, 0.25) is 5.91 Å². The Morgan fingerprint density at radius 3 is 2.39 bits per heavy atom. The van der Waals surface area contributed by atoms with Gasteiger partial charge in [0.05, 0.1) is 6.54 Å². The molecular weight excluding hydrogens is 350 g/mol. The van der Waals surface area contributed by atoms with E-state index in [1.807, 2.05) is 18.9 Å². The molecule has 3 rings (SSSR count). The van der Waals surface area contributed by atoms with Crippen molar-refractivity contribution in [2.45, 2.75) is 65.3 Å².